The largest absolute Gasteiger partial charge is 0.507 e. The van der Waals surface area contributed by atoms with E-state index < -0.39 is 17.7 Å². The fraction of sp³-hybridized carbons (Fsp3) is 0.429. The Hall–Kier alpha value is -3.32. The summed E-state index contributed by atoms with van der Waals surface area (Å²) in [6.07, 6.45) is 0.675. The molecule has 1 fully saturated rings. The van der Waals surface area contributed by atoms with Crippen LogP contribution in [0.1, 0.15) is 49.9 Å². The van der Waals surface area contributed by atoms with Crippen LogP contribution >= 0.6 is 0 Å². The second-order valence-corrected chi connectivity index (χ2v) is 10.1. The summed E-state index contributed by atoms with van der Waals surface area (Å²) < 4.78 is 11.1. The zero-order valence-electron chi connectivity index (χ0n) is 21.7. The molecule has 1 saturated heterocycles. The first-order valence-electron chi connectivity index (χ1n) is 11.8. The molecule has 7 nitrogen and oxygen atoms in total. The number of rotatable bonds is 8. The molecule has 7 heteroatoms. The Kier molecular flexibility index (Phi) is 7.90. The quantitative estimate of drug-likeness (QED) is 0.343. The Balaban J connectivity index is 2.24. The molecule has 1 N–H and O–H groups in total. The van der Waals surface area contributed by atoms with Crippen molar-refractivity contribution in [2.24, 2.45) is 0 Å². The molecule has 0 radical (unpaired) electrons. The molecule has 0 aliphatic carbocycles. The van der Waals surface area contributed by atoms with Crippen LogP contribution in [0, 0.1) is 0 Å². The number of ether oxygens (including phenoxy) is 2. The SMILES string of the molecule is COc1ccc(C(C)(C)C)cc1/C(O)=C1\C(=O)C(=O)N(CCCN(C)C)C1c1ccccc1OC. The predicted molar refractivity (Wildman–Crippen MR) is 137 cm³/mol. The van der Waals surface area contributed by atoms with Gasteiger partial charge in [-0.05, 0) is 56.2 Å². The van der Waals surface area contributed by atoms with Crippen LogP contribution in [0.25, 0.3) is 5.76 Å². The van der Waals surface area contributed by atoms with Crippen LogP contribution in [0.5, 0.6) is 11.5 Å². The number of nitrogens with zero attached hydrogens (tertiary/aromatic N) is 2. The van der Waals surface area contributed by atoms with E-state index in [2.05, 4.69) is 20.8 Å². The van der Waals surface area contributed by atoms with Gasteiger partial charge in [-0.25, -0.2) is 0 Å². The maximum absolute atomic E-state index is 13.4. The molecular weight excluding hydrogens is 444 g/mol. The molecule has 1 amide bonds. The van der Waals surface area contributed by atoms with E-state index in [0.717, 1.165) is 12.1 Å². The van der Waals surface area contributed by atoms with Crippen molar-refractivity contribution in [2.75, 3.05) is 41.4 Å². The highest BCUT2D eigenvalue weighted by Gasteiger charge is 2.47. The number of hydrogen-bond donors (Lipinski definition) is 1. The van der Waals surface area contributed by atoms with Crippen LogP contribution in [0.15, 0.2) is 48.0 Å². The van der Waals surface area contributed by atoms with Crippen molar-refractivity contribution in [2.45, 2.75) is 38.6 Å². The van der Waals surface area contributed by atoms with Crippen molar-refractivity contribution < 1.29 is 24.2 Å². The number of amides is 1. The summed E-state index contributed by atoms with van der Waals surface area (Å²) in [5.41, 5.74) is 1.84. The van der Waals surface area contributed by atoms with E-state index in [9.17, 15) is 14.7 Å². The highest BCUT2D eigenvalue weighted by molar-refractivity contribution is 6.46. The number of para-hydroxylation sites is 1. The Labute approximate surface area is 207 Å². The fourth-order valence-electron chi connectivity index (χ4n) is 4.39. The second kappa shape index (κ2) is 10.5. The fourth-order valence-corrected chi connectivity index (χ4v) is 4.39. The monoisotopic (exact) mass is 480 g/mol. The third-order valence-corrected chi connectivity index (χ3v) is 6.30. The topological polar surface area (TPSA) is 79.3 Å². The summed E-state index contributed by atoms with van der Waals surface area (Å²) in [7, 11) is 6.98. The van der Waals surface area contributed by atoms with Crippen molar-refractivity contribution >= 4 is 17.4 Å². The number of Topliss-reactive ketones (excluding diaryl/α,β-unsaturated/α-hetero) is 1. The molecule has 1 atom stereocenters. The molecule has 35 heavy (non-hydrogen) atoms. The molecule has 1 heterocycles. The van der Waals surface area contributed by atoms with Crippen LogP contribution in [0.3, 0.4) is 0 Å². The molecule has 0 bridgehead atoms. The summed E-state index contributed by atoms with van der Waals surface area (Å²) in [4.78, 5) is 30.2. The Morgan fingerprint density at radius 3 is 2.29 bits per heavy atom. The molecule has 0 spiro atoms. The minimum Gasteiger partial charge on any atom is -0.507 e. The van der Waals surface area contributed by atoms with E-state index in [-0.39, 0.29) is 16.7 Å². The van der Waals surface area contributed by atoms with Gasteiger partial charge in [-0.2, -0.15) is 0 Å². The molecule has 1 aliphatic heterocycles. The molecule has 188 valence electrons. The average Bonchev–Trinajstić information content (AvgIpc) is 3.07. The van der Waals surface area contributed by atoms with Gasteiger partial charge >= 0.3 is 0 Å². The molecule has 3 rings (SSSR count). The van der Waals surface area contributed by atoms with Gasteiger partial charge in [-0.1, -0.05) is 45.0 Å². The summed E-state index contributed by atoms with van der Waals surface area (Å²) in [5, 5.41) is 11.6. The van der Waals surface area contributed by atoms with Crippen molar-refractivity contribution in [1.82, 2.24) is 9.80 Å². The number of aliphatic hydroxyl groups is 1. The average molecular weight is 481 g/mol. The van der Waals surface area contributed by atoms with E-state index >= 15 is 0 Å². The van der Waals surface area contributed by atoms with Crippen molar-refractivity contribution in [3.05, 3.63) is 64.7 Å². The summed E-state index contributed by atoms with van der Waals surface area (Å²) in [6, 6.07) is 12.0. The Morgan fingerprint density at radius 2 is 1.69 bits per heavy atom. The van der Waals surface area contributed by atoms with Crippen LogP contribution in [-0.2, 0) is 15.0 Å². The zero-order valence-corrected chi connectivity index (χ0v) is 21.7. The first kappa shape index (κ1) is 26.3. The molecule has 2 aromatic rings. The van der Waals surface area contributed by atoms with Gasteiger partial charge in [-0.15, -0.1) is 0 Å². The van der Waals surface area contributed by atoms with Gasteiger partial charge in [-0.3, -0.25) is 9.59 Å². The highest BCUT2D eigenvalue weighted by atomic mass is 16.5. The zero-order chi connectivity index (χ0) is 25.9. The lowest BCUT2D eigenvalue weighted by Gasteiger charge is -2.27. The summed E-state index contributed by atoms with van der Waals surface area (Å²) in [6.45, 7) is 7.32. The first-order chi connectivity index (χ1) is 16.5. The molecule has 2 aromatic carbocycles. The predicted octanol–water partition coefficient (Wildman–Crippen LogP) is 4.37. The molecule has 1 aliphatic rings. The van der Waals surface area contributed by atoms with Crippen LogP contribution < -0.4 is 9.47 Å². The number of methoxy groups -OCH3 is 2. The Morgan fingerprint density at radius 1 is 1.03 bits per heavy atom. The third kappa shape index (κ3) is 5.35. The number of benzene rings is 2. The number of ketones is 1. The van der Waals surface area contributed by atoms with E-state index in [1.807, 2.05) is 49.3 Å². The molecule has 0 saturated carbocycles. The van der Waals surface area contributed by atoms with Crippen molar-refractivity contribution in [3.8, 4) is 11.5 Å². The van der Waals surface area contributed by atoms with Gasteiger partial charge in [0.05, 0.1) is 31.4 Å². The summed E-state index contributed by atoms with van der Waals surface area (Å²) in [5.74, 6) is -0.637. The first-order valence-corrected chi connectivity index (χ1v) is 11.8. The number of likely N-dealkylation sites (tertiary alicyclic amines) is 1. The maximum Gasteiger partial charge on any atom is 0.295 e. The summed E-state index contributed by atoms with van der Waals surface area (Å²) >= 11 is 0. The minimum absolute atomic E-state index is 0.0358. The van der Waals surface area contributed by atoms with Gasteiger partial charge in [0.15, 0.2) is 0 Å². The smallest absolute Gasteiger partial charge is 0.295 e. The number of carbonyl (C=O) groups is 2. The molecule has 0 aromatic heterocycles. The van der Waals surface area contributed by atoms with Crippen LogP contribution in [0.2, 0.25) is 0 Å². The minimum atomic E-state index is -0.781. The van der Waals surface area contributed by atoms with E-state index in [1.54, 1.807) is 19.2 Å². The van der Waals surface area contributed by atoms with E-state index in [0.29, 0.717) is 35.6 Å². The lowest BCUT2D eigenvalue weighted by molar-refractivity contribution is -0.140. The number of carbonyl (C=O) groups excluding carboxylic acids is 2. The lowest BCUT2D eigenvalue weighted by atomic mass is 9.85. The van der Waals surface area contributed by atoms with E-state index in [1.165, 1.54) is 12.0 Å². The van der Waals surface area contributed by atoms with Gasteiger partial charge in [0.2, 0.25) is 0 Å². The van der Waals surface area contributed by atoms with Crippen molar-refractivity contribution in [3.63, 3.8) is 0 Å². The van der Waals surface area contributed by atoms with Gasteiger partial charge in [0, 0.05) is 12.1 Å². The van der Waals surface area contributed by atoms with Gasteiger partial charge in [0.25, 0.3) is 11.7 Å². The standard InChI is InChI=1S/C28H36N2O5/c1-28(2,3)18-13-14-22(35-7)20(17-18)25(31)23-24(19-11-8-9-12-21(19)34-6)30(27(33)26(23)32)16-10-15-29(4)5/h8-9,11-14,17,24,31H,10,15-16H2,1-7H3/b25-23+. The molecular formula is C28H36N2O5. The Bertz CT molecular complexity index is 1130. The second-order valence-electron chi connectivity index (χ2n) is 10.1. The van der Waals surface area contributed by atoms with Gasteiger partial charge < -0.3 is 24.4 Å². The van der Waals surface area contributed by atoms with E-state index in [4.69, 9.17) is 9.47 Å². The van der Waals surface area contributed by atoms with Crippen LogP contribution in [0.4, 0.5) is 0 Å². The number of hydrogen-bond acceptors (Lipinski definition) is 6. The third-order valence-electron chi connectivity index (χ3n) is 6.30. The number of aliphatic hydroxyl groups excluding tert-OH is 1. The van der Waals surface area contributed by atoms with Gasteiger partial charge in [0.1, 0.15) is 17.3 Å². The highest BCUT2D eigenvalue weighted by Crippen LogP contribution is 2.44. The maximum atomic E-state index is 13.4. The lowest BCUT2D eigenvalue weighted by Crippen LogP contribution is -2.32. The van der Waals surface area contributed by atoms with Crippen LogP contribution in [-0.4, -0.2) is 68.0 Å². The van der Waals surface area contributed by atoms with Crippen molar-refractivity contribution in [1.29, 1.82) is 0 Å². The normalized spacial score (nSPS) is 17.8. The molecule has 1 unspecified atom stereocenters.